The molecule has 33 heavy (non-hydrogen) atoms. The molecule has 0 aromatic heterocycles. The number of piperazine rings is 1. The van der Waals surface area contributed by atoms with Gasteiger partial charge in [0, 0.05) is 38.3 Å². The number of hydrogen-bond donors (Lipinski definition) is 1. The Morgan fingerprint density at radius 1 is 1.12 bits per heavy atom. The highest BCUT2D eigenvalue weighted by atomic mass is 32.2. The number of carbonyl (C=O) groups is 1. The predicted octanol–water partition coefficient (Wildman–Crippen LogP) is 2.53. The minimum Gasteiger partial charge on any atom is -0.433 e. The highest BCUT2D eigenvalue weighted by Gasteiger charge is 2.32. The van der Waals surface area contributed by atoms with Gasteiger partial charge in [-0.15, -0.1) is 0 Å². The third-order valence-corrected chi connectivity index (χ3v) is 7.12. The van der Waals surface area contributed by atoms with Gasteiger partial charge in [-0.25, -0.2) is 8.42 Å². The number of anilines is 1. The maximum absolute atomic E-state index is 12.9. The summed E-state index contributed by atoms with van der Waals surface area (Å²) in [5, 5.41) is 13.5. The van der Waals surface area contributed by atoms with Gasteiger partial charge in [0.2, 0.25) is 15.9 Å². The van der Waals surface area contributed by atoms with E-state index >= 15 is 0 Å². The molecule has 3 rings (SSSR count). The van der Waals surface area contributed by atoms with Crippen molar-refractivity contribution in [1.82, 2.24) is 9.21 Å². The van der Waals surface area contributed by atoms with Gasteiger partial charge in [0.25, 0.3) is 5.69 Å². The van der Waals surface area contributed by atoms with Crippen molar-refractivity contribution >= 4 is 27.3 Å². The van der Waals surface area contributed by atoms with E-state index in [1.54, 1.807) is 17.9 Å². The van der Waals surface area contributed by atoms with Crippen LogP contribution in [0.25, 0.3) is 0 Å². The second-order valence-corrected chi connectivity index (χ2v) is 9.17. The molecule has 0 saturated carbocycles. The normalized spacial score (nSPS) is 16.4. The zero-order valence-corrected chi connectivity index (χ0v) is 18.4. The fraction of sp³-hybridized carbons (Fsp3) is 0.350. The van der Waals surface area contributed by atoms with E-state index < -0.39 is 33.5 Å². The molecule has 1 N–H and O–H groups in total. The van der Waals surface area contributed by atoms with E-state index in [4.69, 9.17) is 0 Å². The van der Waals surface area contributed by atoms with Crippen molar-refractivity contribution in [3.63, 3.8) is 0 Å². The summed E-state index contributed by atoms with van der Waals surface area (Å²) >= 11 is 0. The molecule has 0 radical (unpaired) electrons. The van der Waals surface area contributed by atoms with Gasteiger partial charge in [-0.05, 0) is 25.1 Å². The third kappa shape index (κ3) is 5.80. The molecular weight excluding hydrogens is 462 g/mol. The van der Waals surface area contributed by atoms with E-state index in [1.165, 1.54) is 40.7 Å². The Hall–Kier alpha value is -3.16. The first-order valence-electron chi connectivity index (χ1n) is 9.93. The minimum absolute atomic E-state index is 0.0771. The Labute approximate surface area is 188 Å². The summed E-state index contributed by atoms with van der Waals surface area (Å²) in [7, 11) is -3.94. The number of amides is 1. The molecule has 1 heterocycles. The van der Waals surface area contributed by atoms with Crippen molar-refractivity contribution < 1.29 is 31.7 Å². The summed E-state index contributed by atoms with van der Waals surface area (Å²) in [4.78, 5) is 24.5. The fourth-order valence-corrected chi connectivity index (χ4v) is 4.87. The van der Waals surface area contributed by atoms with Crippen molar-refractivity contribution in [2.75, 3.05) is 31.5 Å². The fourth-order valence-electron chi connectivity index (χ4n) is 3.41. The maximum atomic E-state index is 12.9. The third-order valence-electron chi connectivity index (χ3n) is 5.23. The molecular formula is C20H22F2N4O6S. The summed E-state index contributed by atoms with van der Waals surface area (Å²) in [6.07, 6.45) is 0. The van der Waals surface area contributed by atoms with Crippen LogP contribution in [-0.2, 0) is 14.8 Å². The molecule has 1 aliphatic rings. The first-order chi connectivity index (χ1) is 15.6. The van der Waals surface area contributed by atoms with Gasteiger partial charge in [-0.3, -0.25) is 19.8 Å². The van der Waals surface area contributed by atoms with E-state index in [1.807, 2.05) is 0 Å². The van der Waals surface area contributed by atoms with Crippen LogP contribution in [0.15, 0.2) is 53.4 Å². The summed E-state index contributed by atoms with van der Waals surface area (Å²) < 4.78 is 56.5. The standard InChI is InChI=1S/C20H22F2N4O6S/c1-14(19(27)23-17-7-2-3-8-18(17)32-20(21)22)24-9-11-25(12-10-24)33(30,31)16-6-4-5-15(13-16)26(28)29/h2-8,13-14,20H,9-12H2,1H3,(H,23,27). The zero-order chi connectivity index (χ0) is 24.2. The van der Waals surface area contributed by atoms with Gasteiger partial charge in [0.1, 0.15) is 5.75 Å². The second kappa shape index (κ2) is 10.2. The number of nitrogens with zero attached hydrogens (tertiary/aromatic N) is 3. The van der Waals surface area contributed by atoms with Crippen molar-refractivity contribution in [2.45, 2.75) is 24.5 Å². The molecule has 2 aromatic rings. The van der Waals surface area contributed by atoms with Crippen LogP contribution in [0.4, 0.5) is 20.2 Å². The highest BCUT2D eigenvalue weighted by molar-refractivity contribution is 7.89. The van der Waals surface area contributed by atoms with Crippen LogP contribution < -0.4 is 10.1 Å². The number of ether oxygens (including phenoxy) is 1. The quantitative estimate of drug-likeness (QED) is 0.451. The average molecular weight is 484 g/mol. The summed E-state index contributed by atoms with van der Waals surface area (Å²) in [5.41, 5.74) is -0.224. The van der Waals surface area contributed by atoms with Crippen molar-refractivity contribution in [2.24, 2.45) is 0 Å². The average Bonchev–Trinajstić information content (AvgIpc) is 2.79. The predicted molar refractivity (Wildman–Crippen MR) is 115 cm³/mol. The van der Waals surface area contributed by atoms with Crippen molar-refractivity contribution in [1.29, 1.82) is 0 Å². The SMILES string of the molecule is CC(C(=O)Nc1ccccc1OC(F)F)N1CCN(S(=O)(=O)c2cccc([N+](=O)[O-])c2)CC1. The molecule has 2 aromatic carbocycles. The lowest BCUT2D eigenvalue weighted by molar-refractivity contribution is -0.385. The van der Waals surface area contributed by atoms with Crippen molar-refractivity contribution in [3.05, 3.63) is 58.6 Å². The number of para-hydroxylation sites is 2. The van der Waals surface area contributed by atoms with Gasteiger partial charge >= 0.3 is 6.61 Å². The molecule has 1 fully saturated rings. The van der Waals surface area contributed by atoms with Gasteiger partial charge in [0.15, 0.2) is 0 Å². The minimum atomic E-state index is -3.94. The van der Waals surface area contributed by atoms with Gasteiger partial charge in [0.05, 0.1) is 21.5 Å². The number of alkyl halides is 2. The van der Waals surface area contributed by atoms with E-state index in [2.05, 4.69) is 10.1 Å². The second-order valence-electron chi connectivity index (χ2n) is 7.23. The Bertz CT molecular complexity index is 1120. The lowest BCUT2D eigenvalue weighted by Crippen LogP contribution is -2.53. The number of hydrogen-bond acceptors (Lipinski definition) is 7. The number of non-ortho nitro benzene ring substituents is 1. The number of nitro benzene ring substituents is 1. The van der Waals surface area contributed by atoms with Gasteiger partial charge in [-0.1, -0.05) is 18.2 Å². The van der Waals surface area contributed by atoms with Crippen LogP contribution in [0.2, 0.25) is 0 Å². The molecule has 1 saturated heterocycles. The first-order valence-corrected chi connectivity index (χ1v) is 11.4. The Kier molecular flexibility index (Phi) is 7.56. The van der Waals surface area contributed by atoms with Gasteiger partial charge < -0.3 is 10.1 Å². The Morgan fingerprint density at radius 3 is 2.42 bits per heavy atom. The molecule has 13 heteroatoms. The number of nitro groups is 1. The molecule has 178 valence electrons. The van der Waals surface area contributed by atoms with E-state index in [0.717, 1.165) is 6.07 Å². The van der Waals surface area contributed by atoms with Crippen LogP contribution in [-0.4, -0.2) is 67.3 Å². The van der Waals surface area contributed by atoms with Gasteiger partial charge in [-0.2, -0.15) is 13.1 Å². The van der Waals surface area contributed by atoms with E-state index in [-0.39, 0.29) is 48.2 Å². The summed E-state index contributed by atoms with van der Waals surface area (Å²) in [5.74, 6) is -0.628. The lowest BCUT2D eigenvalue weighted by atomic mass is 10.2. The highest BCUT2D eigenvalue weighted by Crippen LogP contribution is 2.26. The summed E-state index contributed by atoms with van der Waals surface area (Å²) in [6, 6.07) is 9.96. The molecule has 0 spiro atoms. The topological polar surface area (TPSA) is 122 Å². The molecule has 10 nitrogen and oxygen atoms in total. The molecule has 1 atom stereocenters. The first kappa shape index (κ1) is 24.5. The number of rotatable bonds is 8. The van der Waals surface area contributed by atoms with E-state index in [0.29, 0.717) is 0 Å². The number of halogens is 2. The van der Waals surface area contributed by atoms with Crippen molar-refractivity contribution in [3.8, 4) is 5.75 Å². The maximum Gasteiger partial charge on any atom is 0.387 e. The van der Waals surface area contributed by atoms with Crippen LogP contribution in [0.3, 0.4) is 0 Å². The van der Waals surface area contributed by atoms with Crippen LogP contribution >= 0.6 is 0 Å². The van der Waals surface area contributed by atoms with E-state index in [9.17, 15) is 32.1 Å². The Balaban J connectivity index is 1.63. The Morgan fingerprint density at radius 2 is 1.79 bits per heavy atom. The number of nitrogens with one attached hydrogen (secondary N) is 1. The molecule has 1 unspecified atom stereocenters. The molecule has 1 aliphatic heterocycles. The number of carbonyl (C=O) groups excluding carboxylic acids is 1. The zero-order valence-electron chi connectivity index (χ0n) is 17.6. The molecule has 1 amide bonds. The molecule has 0 bridgehead atoms. The lowest BCUT2D eigenvalue weighted by Gasteiger charge is -2.36. The largest absolute Gasteiger partial charge is 0.433 e. The van der Waals surface area contributed by atoms with Crippen LogP contribution in [0, 0.1) is 10.1 Å². The number of sulfonamides is 1. The smallest absolute Gasteiger partial charge is 0.387 e. The van der Waals surface area contributed by atoms with Crippen LogP contribution in [0.5, 0.6) is 5.75 Å². The summed E-state index contributed by atoms with van der Waals surface area (Å²) in [6.45, 7) is -0.796. The monoisotopic (exact) mass is 484 g/mol. The molecule has 0 aliphatic carbocycles. The van der Waals surface area contributed by atoms with Crippen LogP contribution in [0.1, 0.15) is 6.92 Å². The number of benzene rings is 2.